The average Bonchev–Trinajstić information content (AvgIpc) is 2.74. The van der Waals surface area contributed by atoms with Crippen LogP contribution in [0.1, 0.15) is 11.3 Å². The second kappa shape index (κ2) is 4.09. The molecule has 0 amide bonds. The third-order valence-electron chi connectivity index (χ3n) is 3.17. The summed E-state index contributed by atoms with van der Waals surface area (Å²) in [6.07, 6.45) is 1.87. The van der Waals surface area contributed by atoms with Gasteiger partial charge in [-0.3, -0.25) is 4.40 Å². The number of aromatic hydroxyl groups is 1. The number of phenols is 1. The van der Waals surface area contributed by atoms with E-state index >= 15 is 0 Å². The van der Waals surface area contributed by atoms with E-state index in [1.807, 2.05) is 35.7 Å². The number of nitrogens with zero attached hydrogens (tertiary/aromatic N) is 2. The van der Waals surface area contributed by atoms with Gasteiger partial charge in [-0.2, -0.15) is 0 Å². The second-order valence-electron chi connectivity index (χ2n) is 4.64. The van der Waals surface area contributed by atoms with Crippen LogP contribution in [0.3, 0.4) is 0 Å². The Morgan fingerprint density at radius 2 is 2.00 bits per heavy atom. The summed E-state index contributed by atoms with van der Waals surface area (Å²) in [6.45, 7) is 3.65. The highest BCUT2D eigenvalue weighted by molar-refractivity contribution is 5.66. The smallest absolute Gasteiger partial charge is 0.137 e. The van der Waals surface area contributed by atoms with Gasteiger partial charge in [0.05, 0.1) is 11.4 Å². The summed E-state index contributed by atoms with van der Waals surface area (Å²) in [5, 5.41) is 9.53. The lowest BCUT2D eigenvalue weighted by molar-refractivity contribution is 0.465. The number of aryl methyl sites for hydroxylation is 2. The summed E-state index contributed by atoms with van der Waals surface area (Å²) >= 11 is 0. The molecule has 96 valence electrons. The van der Waals surface area contributed by atoms with Crippen molar-refractivity contribution in [1.29, 1.82) is 0 Å². The number of pyridine rings is 1. The van der Waals surface area contributed by atoms with Crippen molar-refractivity contribution in [2.24, 2.45) is 0 Å². The minimum absolute atomic E-state index is 0.0322. The summed E-state index contributed by atoms with van der Waals surface area (Å²) in [6, 6.07) is 8.35. The molecule has 3 nitrogen and oxygen atoms in total. The quantitative estimate of drug-likeness (QED) is 0.724. The Bertz CT molecular complexity index is 777. The van der Waals surface area contributed by atoms with Gasteiger partial charge in [0.15, 0.2) is 0 Å². The molecule has 0 aliphatic heterocycles. The van der Waals surface area contributed by atoms with Gasteiger partial charge >= 0.3 is 0 Å². The number of halogens is 1. The van der Waals surface area contributed by atoms with Gasteiger partial charge in [0, 0.05) is 17.8 Å². The van der Waals surface area contributed by atoms with Gasteiger partial charge < -0.3 is 5.11 Å². The van der Waals surface area contributed by atoms with Crippen molar-refractivity contribution >= 4 is 5.65 Å². The maximum Gasteiger partial charge on any atom is 0.137 e. The van der Waals surface area contributed by atoms with E-state index in [-0.39, 0.29) is 5.75 Å². The minimum atomic E-state index is -0.443. The number of hydrogen-bond acceptors (Lipinski definition) is 2. The molecule has 2 heterocycles. The van der Waals surface area contributed by atoms with Crippen LogP contribution in [0.4, 0.5) is 4.39 Å². The zero-order valence-corrected chi connectivity index (χ0v) is 10.7. The molecule has 0 saturated heterocycles. The van der Waals surface area contributed by atoms with Crippen LogP contribution < -0.4 is 0 Å². The lowest BCUT2D eigenvalue weighted by Crippen LogP contribution is -1.94. The first-order valence-corrected chi connectivity index (χ1v) is 6.00. The summed E-state index contributed by atoms with van der Waals surface area (Å²) in [5.41, 5.74) is 3.48. The van der Waals surface area contributed by atoms with Gasteiger partial charge in [-0.25, -0.2) is 9.37 Å². The Kier molecular flexibility index (Phi) is 2.52. The van der Waals surface area contributed by atoms with Crippen molar-refractivity contribution in [1.82, 2.24) is 9.38 Å². The van der Waals surface area contributed by atoms with E-state index in [1.54, 1.807) is 13.0 Å². The normalized spacial score (nSPS) is 11.1. The highest BCUT2D eigenvalue weighted by atomic mass is 19.1. The SMILES string of the molecule is Cc1cn2c(-c3cc(C)c(O)cc3F)cccc2n1. The summed E-state index contributed by atoms with van der Waals surface area (Å²) in [5.74, 6) is -0.475. The molecule has 1 N–H and O–H groups in total. The van der Waals surface area contributed by atoms with Crippen LogP contribution in [-0.4, -0.2) is 14.5 Å². The summed E-state index contributed by atoms with van der Waals surface area (Å²) in [4.78, 5) is 4.36. The Morgan fingerprint density at radius 3 is 2.79 bits per heavy atom. The van der Waals surface area contributed by atoms with E-state index in [1.165, 1.54) is 0 Å². The first-order valence-electron chi connectivity index (χ1n) is 6.00. The van der Waals surface area contributed by atoms with Crippen molar-refractivity contribution in [2.45, 2.75) is 13.8 Å². The van der Waals surface area contributed by atoms with E-state index < -0.39 is 5.82 Å². The third kappa shape index (κ3) is 1.85. The fraction of sp³-hybridized carbons (Fsp3) is 0.133. The topological polar surface area (TPSA) is 37.5 Å². The molecule has 0 unspecified atom stereocenters. The van der Waals surface area contributed by atoms with Crippen molar-refractivity contribution < 1.29 is 9.50 Å². The number of benzene rings is 1. The van der Waals surface area contributed by atoms with Crippen LogP contribution >= 0.6 is 0 Å². The molecule has 0 aliphatic rings. The Labute approximate surface area is 110 Å². The molecule has 1 aromatic carbocycles. The molecule has 0 spiro atoms. The fourth-order valence-corrected chi connectivity index (χ4v) is 2.22. The number of rotatable bonds is 1. The molecule has 3 aromatic rings. The molecule has 0 radical (unpaired) electrons. The average molecular weight is 256 g/mol. The predicted molar refractivity (Wildman–Crippen MR) is 71.7 cm³/mol. The molecular weight excluding hydrogens is 243 g/mol. The van der Waals surface area contributed by atoms with E-state index in [0.717, 1.165) is 23.1 Å². The van der Waals surface area contributed by atoms with Gasteiger partial charge in [-0.05, 0) is 37.6 Å². The number of fused-ring (bicyclic) bond motifs is 1. The summed E-state index contributed by atoms with van der Waals surface area (Å²) in [7, 11) is 0. The van der Waals surface area contributed by atoms with Gasteiger partial charge in [0.25, 0.3) is 0 Å². The van der Waals surface area contributed by atoms with Crippen LogP contribution in [0, 0.1) is 19.7 Å². The first-order chi connectivity index (χ1) is 9.06. The van der Waals surface area contributed by atoms with Gasteiger partial charge in [-0.1, -0.05) is 6.07 Å². The standard InChI is InChI=1S/C15H13FN2O/c1-9-6-11(12(16)7-14(9)19)13-4-3-5-15-17-10(2)8-18(13)15/h3-8,19H,1-2H3. The highest BCUT2D eigenvalue weighted by Crippen LogP contribution is 2.29. The van der Waals surface area contributed by atoms with Crippen molar-refractivity contribution in [3.8, 4) is 17.0 Å². The second-order valence-corrected chi connectivity index (χ2v) is 4.64. The third-order valence-corrected chi connectivity index (χ3v) is 3.17. The molecule has 19 heavy (non-hydrogen) atoms. The maximum absolute atomic E-state index is 14.1. The van der Waals surface area contributed by atoms with Crippen LogP contribution in [-0.2, 0) is 0 Å². The Hall–Kier alpha value is -2.36. The maximum atomic E-state index is 14.1. The lowest BCUT2D eigenvalue weighted by Gasteiger charge is -2.09. The largest absolute Gasteiger partial charge is 0.508 e. The molecular formula is C15H13FN2O. The van der Waals surface area contributed by atoms with Crippen molar-refractivity contribution in [3.05, 3.63) is 53.6 Å². The number of hydrogen-bond donors (Lipinski definition) is 1. The van der Waals surface area contributed by atoms with Crippen LogP contribution in [0.2, 0.25) is 0 Å². The van der Waals surface area contributed by atoms with Crippen LogP contribution in [0.5, 0.6) is 5.75 Å². The zero-order valence-electron chi connectivity index (χ0n) is 10.7. The molecule has 0 bridgehead atoms. The van der Waals surface area contributed by atoms with E-state index in [9.17, 15) is 9.50 Å². The molecule has 0 aliphatic carbocycles. The predicted octanol–water partition coefficient (Wildman–Crippen LogP) is 3.46. The number of phenolic OH excluding ortho intramolecular Hbond substituents is 1. The number of imidazole rings is 1. The first kappa shape index (κ1) is 11.7. The summed E-state index contributed by atoms with van der Waals surface area (Å²) < 4.78 is 15.9. The van der Waals surface area contributed by atoms with Crippen molar-refractivity contribution in [3.63, 3.8) is 0 Å². The Balaban J connectivity index is 2.33. The lowest BCUT2D eigenvalue weighted by atomic mass is 10.1. The Morgan fingerprint density at radius 1 is 1.21 bits per heavy atom. The van der Waals surface area contributed by atoms with Gasteiger partial charge in [0.1, 0.15) is 17.2 Å². The van der Waals surface area contributed by atoms with Crippen LogP contribution in [0.15, 0.2) is 36.5 Å². The van der Waals surface area contributed by atoms with Crippen LogP contribution in [0.25, 0.3) is 16.9 Å². The van der Waals surface area contributed by atoms with Gasteiger partial charge in [0.2, 0.25) is 0 Å². The molecule has 2 aromatic heterocycles. The highest BCUT2D eigenvalue weighted by Gasteiger charge is 2.12. The molecule has 3 rings (SSSR count). The monoisotopic (exact) mass is 256 g/mol. The van der Waals surface area contributed by atoms with Crippen molar-refractivity contribution in [2.75, 3.05) is 0 Å². The molecule has 0 atom stereocenters. The minimum Gasteiger partial charge on any atom is -0.508 e. The van der Waals surface area contributed by atoms with E-state index in [0.29, 0.717) is 11.1 Å². The molecule has 0 fully saturated rings. The molecule has 4 heteroatoms. The fourth-order valence-electron chi connectivity index (χ4n) is 2.22. The van der Waals surface area contributed by atoms with E-state index in [2.05, 4.69) is 4.98 Å². The number of aromatic nitrogens is 2. The van der Waals surface area contributed by atoms with E-state index in [4.69, 9.17) is 0 Å². The zero-order chi connectivity index (χ0) is 13.6. The molecule has 0 saturated carbocycles. The van der Waals surface area contributed by atoms with Gasteiger partial charge in [-0.15, -0.1) is 0 Å².